The number of nitrogens with one attached hydrogen (secondary N) is 1. The van der Waals surface area contributed by atoms with Crippen LogP contribution >= 0.6 is 0 Å². The maximum Gasteiger partial charge on any atom is 0.254 e. The van der Waals surface area contributed by atoms with E-state index in [4.69, 9.17) is 4.98 Å². The van der Waals surface area contributed by atoms with Gasteiger partial charge in [-0.1, -0.05) is 74.5 Å². The van der Waals surface area contributed by atoms with Gasteiger partial charge in [0.2, 0.25) is 5.95 Å². The molecule has 0 saturated carbocycles. The second-order valence-corrected chi connectivity index (χ2v) is 8.50. The van der Waals surface area contributed by atoms with Crippen molar-refractivity contribution in [1.82, 2.24) is 14.5 Å². The second kappa shape index (κ2) is 9.27. The molecule has 0 bridgehead atoms. The van der Waals surface area contributed by atoms with Crippen LogP contribution in [0.1, 0.15) is 24.2 Å². The number of likely N-dealkylation sites (N-methyl/N-ethyl adjacent to an activating group) is 1. The Morgan fingerprint density at radius 3 is 2.34 bits per heavy atom. The fourth-order valence-corrected chi connectivity index (χ4v) is 4.20. The minimum atomic E-state index is 0.00569. The maximum absolute atomic E-state index is 13.6. The first kappa shape index (κ1) is 21.6. The van der Waals surface area contributed by atoms with Crippen LogP contribution in [0, 0.1) is 5.92 Å². The van der Waals surface area contributed by atoms with Crippen LogP contribution in [-0.4, -0.2) is 40.0 Å². The predicted molar refractivity (Wildman–Crippen MR) is 132 cm³/mol. The average molecular weight is 427 g/mol. The van der Waals surface area contributed by atoms with Gasteiger partial charge in [-0.25, -0.2) is 4.98 Å². The van der Waals surface area contributed by atoms with Crippen LogP contribution in [0.15, 0.2) is 78.9 Å². The van der Waals surface area contributed by atoms with Crippen molar-refractivity contribution in [3.8, 4) is 11.1 Å². The fraction of sp³-hybridized carbons (Fsp3) is 0.259. The molecular weight excluding hydrogens is 396 g/mol. The zero-order chi connectivity index (χ0) is 22.7. The number of benzene rings is 3. The van der Waals surface area contributed by atoms with Gasteiger partial charge < -0.3 is 14.8 Å². The Labute approximate surface area is 189 Å². The third-order valence-corrected chi connectivity index (χ3v) is 6.09. The highest BCUT2D eigenvalue weighted by atomic mass is 16.2. The molecule has 4 aromatic rings. The largest absolute Gasteiger partial charge is 0.354 e. The first-order valence-electron chi connectivity index (χ1n) is 11.0. The Morgan fingerprint density at radius 2 is 1.62 bits per heavy atom. The summed E-state index contributed by atoms with van der Waals surface area (Å²) in [5.41, 5.74) is 4.76. The summed E-state index contributed by atoms with van der Waals surface area (Å²) in [5, 5.41) is 3.48. The second-order valence-electron chi connectivity index (χ2n) is 8.50. The number of rotatable bonds is 7. The minimum Gasteiger partial charge on any atom is -0.354 e. The van der Waals surface area contributed by atoms with Crippen molar-refractivity contribution in [3.63, 3.8) is 0 Å². The van der Waals surface area contributed by atoms with E-state index in [2.05, 4.69) is 29.8 Å². The molecular formula is C27H30N4O. The van der Waals surface area contributed by atoms with Crippen molar-refractivity contribution in [3.05, 3.63) is 84.4 Å². The van der Waals surface area contributed by atoms with E-state index in [1.807, 2.05) is 91.8 Å². The molecule has 1 aromatic heterocycles. The SMILES string of the molecule is CC(C)C(CNc1nc2ccccc2n1C)N(C)C(=O)c1ccccc1-c1ccccc1. The normalized spacial score (nSPS) is 12.2. The van der Waals surface area contributed by atoms with Gasteiger partial charge in [0, 0.05) is 26.2 Å². The van der Waals surface area contributed by atoms with Gasteiger partial charge in [0.25, 0.3) is 5.91 Å². The summed E-state index contributed by atoms with van der Waals surface area (Å²) >= 11 is 0. The number of amides is 1. The maximum atomic E-state index is 13.6. The molecule has 1 amide bonds. The van der Waals surface area contributed by atoms with Crippen molar-refractivity contribution in [2.24, 2.45) is 13.0 Å². The lowest BCUT2D eigenvalue weighted by molar-refractivity contribution is 0.0701. The number of aromatic nitrogens is 2. The summed E-state index contributed by atoms with van der Waals surface area (Å²) in [7, 11) is 3.90. The van der Waals surface area contributed by atoms with Gasteiger partial charge in [-0.15, -0.1) is 0 Å². The number of imidazole rings is 1. The highest BCUT2D eigenvalue weighted by Crippen LogP contribution is 2.26. The van der Waals surface area contributed by atoms with Crippen LogP contribution < -0.4 is 5.32 Å². The van der Waals surface area contributed by atoms with E-state index in [9.17, 15) is 4.79 Å². The summed E-state index contributed by atoms with van der Waals surface area (Å²) in [5.74, 6) is 1.10. The van der Waals surface area contributed by atoms with Gasteiger partial charge in [-0.05, 0) is 35.2 Å². The summed E-state index contributed by atoms with van der Waals surface area (Å²) in [4.78, 5) is 20.2. The van der Waals surface area contributed by atoms with Crippen molar-refractivity contribution in [2.45, 2.75) is 19.9 Å². The number of carbonyl (C=O) groups excluding carboxylic acids is 1. The monoisotopic (exact) mass is 426 g/mol. The Kier molecular flexibility index (Phi) is 6.26. The van der Waals surface area contributed by atoms with Crippen LogP contribution in [0.3, 0.4) is 0 Å². The molecule has 0 aliphatic rings. The van der Waals surface area contributed by atoms with E-state index in [-0.39, 0.29) is 17.9 Å². The van der Waals surface area contributed by atoms with Crippen LogP contribution in [0.4, 0.5) is 5.95 Å². The van der Waals surface area contributed by atoms with Gasteiger partial charge in [-0.3, -0.25) is 4.79 Å². The molecule has 1 unspecified atom stereocenters. The molecule has 32 heavy (non-hydrogen) atoms. The topological polar surface area (TPSA) is 50.2 Å². The highest BCUT2D eigenvalue weighted by molar-refractivity contribution is 6.01. The van der Waals surface area contributed by atoms with Gasteiger partial charge in [-0.2, -0.15) is 0 Å². The third kappa shape index (κ3) is 4.24. The number of hydrogen-bond acceptors (Lipinski definition) is 3. The Balaban J connectivity index is 1.57. The predicted octanol–water partition coefficient (Wildman–Crippen LogP) is 5.45. The van der Waals surface area contributed by atoms with Crippen LogP contribution in [0.25, 0.3) is 22.2 Å². The quantitative estimate of drug-likeness (QED) is 0.428. The molecule has 0 saturated heterocycles. The lowest BCUT2D eigenvalue weighted by Gasteiger charge is -2.32. The zero-order valence-corrected chi connectivity index (χ0v) is 19.1. The Hall–Kier alpha value is -3.60. The number of nitrogens with zero attached hydrogens (tertiary/aromatic N) is 3. The smallest absolute Gasteiger partial charge is 0.254 e. The van der Waals surface area contributed by atoms with Gasteiger partial charge >= 0.3 is 0 Å². The molecule has 5 heteroatoms. The standard InChI is InChI=1S/C27H30N4O/c1-19(2)25(18-28-27-29-23-16-10-11-17-24(23)31(27)4)30(3)26(32)22-15-9-8-14-21(22)20-12-6-5-7-13-20/h5-17,19,25H,18H2,1-4H3,(H,28,29). The average Bonchev–Trinajstić information content (AvgIpc) is 3.14. The number of hydrogen-bond donors (Lipinski definition) is 1. The summed E-state index contributed by atoms with van der Waals surface area (Å²) in [6.07, 6.45) is 0. The van der Waals surface area contributed by atoms with E-state index >= 15 is 0 Å². The van der Waals surface area contributed by atoms with E-state index < -0.39 is 0 Å². The summed E-state index contributed by atoms with van der Waals surface area (Å²) < 4.78 is 2.05. The summed E-state index contributed by atoms with van der Waals surface area (Å²) in [6, 6.07) is 26.0. The van der Waals surface area contributed by atoms with E-state index in [1.165, 1.54) is 0 Å². The van der Waals surface area contributed by atoms with Gasteiger partial charge in [0.15, 0.2) is 0 Å². The van der Waals surface area contributed by atoms with Crippen molar-refractivity contribution in [1.29, 1.82) is 0 Å². The highest BCUT2D eigenvalue weighted by Gasteiger charge is 2.26. The molecule has 0 aliphatic carbocycles. The first-order chi connectivity index (χ1) is 15.5. The molecule has 0 radical (unpaired) electrons. The van der Waals surface area contributed by atoms with Crippen molar-refractivity contribution < 1.29 is 4.79 Å². The lowest BCUT2D eigenvalue weighted by atomic mass is 9.97. The van der Waals surface area contributed by atoms with Crippen LogP contribution in [0.5, 0.6) is 0 Å². The molecule has 0 aliphatic heterocycles. The first-order valence-corrected chi connectivity index (χ1v) is 11.0. The van der Waals surface area contributed by atoms with Crippen molar-refractivity contribution in [2.75, 3.05) is 18.9 Å². The van der Waals surface area contributed by atoms with Crippen LogP contribution in [-0.2, 0) is 7.05 Å². The number of carbonyl (C=O) groups is 1. The number of para-hydroxylation sites is 2. The molecule has 1 heterocycles. The molecule has 0 fully saturated rings. The fourth-order valence-electron chi connectivity index (χ4n) is 4.20. The molecule has 5 nitrogen and oxygen atoms in total. The molecule has 4 rings (SSSR count). The molecule has 1 atom stereocenters. The third-order valence-electron chi connectivity index (χ3n) is 6.09. The lowest BCUT2D eigenvalue weighted by Crippen LogP contribution is -2.45. The summed E-state index contributed by atoms with van der Waals surface area (Å²) in [6.45, 7) is 4.91. The molecule has 0 spiro atoms. The van der Waals surface area contributed by atoms with E-state index in [0.717, 1.165) is 33.7 Å². The van der Waals surface area contributed by atoms with E-state index in [1.54, 1.807) is 0 Å². The number of fused-ring (bicyclic) bond motifs is 1. The number of anilines is 1. The Morgan fingerprint density at radius 1 is 0.969 bits per heavy atom. The van der Waals surface area contributed by atoms with Crippen LogP contribution in [0.2, 0.25) is 0 Å². The Bertz CT molecular complexity index is 1210. The molecule has 1 N–H and O–H groups in total. The van der Waals surface area contributed by atoms with Gasteiger partial charge in [0.1, 0.15) is 0 Å². The van der Waals surface area contributed by atoms with E-state index in [0.29, 0.717) is 6.54 Å². The van der Waals surface area contributed by atoms with Crippen molar-refractivity contribution >= 4 is 22.9 Å². The number of aryl methyl sites for hydroxylation is 1. The molecule has 3 aromatic carbocycles. The zero-order valence-electron chi connectivity index (χ0n) is 19.1. The minimum absolute atomic E-state index is 0.00569. The molecule has 164 valence electrons. The van der Waals surface area contributed by atoms with Gasteiger partial charge in [0.05, 0.1) is 17.1 Å².